The molecule has 0 saturated heterocycles. The second kappa shape index (κ2) is 6.58. The Morgan fingerprint density at radius 3 is 2.61 bits per heavy atom. The number of hydrogen-bond donors (Lipinski definition) is 0. The van der Waals surface area contributed by atoms with Crippen molar-refractivity contribution in [2.24, 2.45) is 0 Å². The maximum Gasteiger partial charge on any atom is 0.0441 e. The van der Waals surface area contributed by atoms with Crippen LogP contribution in [0.4, 0.5) is 0 Å². The summed E-state index contributed by atoms with van der Waals surface area (Å²) in [6.07, 6.45) is 6.09. The van der Waals surface area contributed by atoms with Gasteiger partial charge in [0.2, 0.25) is 0 Å². The third-order valence-corrected chi connectivity index (χ3v) is 4.29. The van der Waals surface area contributed by atoms with Gasteiger partial charge in [0.15, 0.2) is 0 Å². The number of halogens is 1. The van der Waals surface area contributed by atoms with E-state index in [2.05, 4.69) is 30.9 Å². The third-order valence-electron chi connectivity index (χ3n) is 3.94. The first-order valence-electron chi connectivity index (χ1n) is 7.26. The van der Waals surface area contributed by atoms with Crippen LogP contribution in [0.1, 0.15) is 44.2 Å². The second-order valence-corrected chi connectivity index (χ2v) is 5.72. The van der Waals surface area contributed by atoms with Gasteiger partial charge in [0, 0.05) is 11.1 Å². The van der Waals surface area contributed by atoms with E-state index in [0.717, 1.165) is 11.4 Å². The van der Waals surface area contributed by atoms with Crippen molar-refractivity contribution >= 4 is 11.6 Å². The molecule has 0 fully saturated rings. The molecule has 1 aliphatic carbocycles. The highest BCUT2D eigenvalue weighted by molar-refractivity contribution is 6.31. The molecule has 0 bridgehead atoms. The largest absolute Gasteiger partial charge is 0.300 e. The van der Waals surface area contributed by atoms with Gasteiger partial charge in [0.25, 0.3) is 0 Å². The minimum Gasteiger partial charge on any atom is -0.300 e. The first-order chi connectivity index (χ1) is 8.76. The van der Waals surface area contributed by atoms with Gasteiger partial charge in [-0.05, 0) is 62.4 Å². The Balaban J connectivity index is 2.12. The predicted molar refractivity (Wildman–Crippen MR) is 79.4 cm³/mol. The van der Waals surface area contributed by atoms with Crippen molar-refractivity contribution in [1.82, 2.24) is 4.90 Å². The van der Waals surface area contributed by atoms with E-state index in [1.54, 1.807) is 0 Å². The van der Waals surface area contributed by atoms with Crippen LogP contribution in [-0.2, 0) is 12.8 Å². The van der Waals surface area contributed by atoms with Crippen LogP contribution in [0.5, 0.6) is 0 Å². The Morgan fingerprint density at radius 2 is 1.94 bits per heavy atom. The molecule has 1 atom stereocenters. The van der Waals surface area contributed by atoms with Gasteiger partial charge < -0.3 is 4.90 Å². The first-order valence-corrected chi connectivity index (χ1v) is 7.64. The van der Waals surface area contributed by atoms with Crippen LogP contribution in [0.2, 0.25) is 5.02 Å². The summed E-state index contributed by atoms with van der Waals surface area (Å²) in [6, 6.07) is 7.04. The molecule has 2 heteroatoms. The van der Waals surface area contributed by atoms with Crippen molar-refractivity contribution in [1.29, 1.82) is 0 Å². The van der Waals surface area contributed by atoms with E-state index in [1.165, 1.54) is 49.9 Å². The molecule has 0 aromatic heterocycles. The molecule has 0 spiro atoms. The summed E-state index contributed by atoms with van der Waals surface area (Å²) in [4.78, 5) is 2.66. The van der Waals surface area contributed by atoms with Crippen LogP contribution in [0.15, 0.2) is 18.2 Å². The van der Waals surface area contributed by atoms with E-state index in [-0.39, 0.29) is 0 Å². The van der Waals surface area contributed by atoms with Gasteiger partial charge in [-0.25, -0.2) is 0 Å². The first kappa shape index (κ1) is 13.9. The topological polar surface area (TPSA) is 3.24 Å². The number of rotatable bonds is 5. The second-order valence-electron chi connectivity index (χ2n) is 5.31. The van der Waals surface area contributed by atoms with Gasteiger partial charge in [0.1, 0.15) is 0 Å². The summed E-state index contributed by atoms with van der Waals surface area (Å²) in [5.41, 5.74) is 2.86. The van der Waals surface area contributed by atoms with Crippen molar-refractivity contribution < 1.29 is 0 Å². The van der Waals surface area contributed by atoms with Gasteiger partial charge in [-0.15, -0.1) is 0 Å². The molecule has 1 aromatic carbocycles. The van der Waals surface area contributed by atoms with Crippen molar-refractivity contribution in [3.05, 3.63) is 34.3 Å². The zero-order chi connectivity index (χ0) is 13.0. The quantitative estimate of drug-likeness (QED) is 0.766. The van der Waals surface area contributed by atoms with E-state index < -0.39 is 0 Å². The molecule has 0 radical (unpaired) electrons. The lowest BCUT2D eigenvalue weighted by Crippen LogP contribution is -2.40. The summed E-state index contributed by atoms with van der Waals surface area (Å²) in [7, 11) is 0. The maximum atomic E-state index is 6.35. The van der Waals surface area contributed by atoms with Gasteiger partial charge >= 0.3 is 0 Å². The van der Waals surface area contributed by atoms with E-state index in [1.807, 2.05) is 6.07 Å². The molecule has 0 aliphatic heterocycles. The average Bonchev–Trinajstić information content (AvgIpc) is 2.39. The Labute approximate surface area is 116 Å². The fourth-order valence-corrected chi connectivity index (χ4v) is 3.36. The monoisotopic (exact) mass is 265 g/mol. The van der Waals surface area contributed by atoms with Crippen LogP contribution in [0.3, 0.4) is 0 Å². The highest BCUT2D eigenvalue weighted by Crippen LogP contribution is 2.30. The molecule has 18 heavy (non-hydrogen) atoms. The highest BCUT2D eigenvalue weighted by Gasteiger charge is 2.24. The fourth-order valence-electron chi connectivity index (χ4n) is 3.09. The molecular weight excluding hydrogens is 242 g/mol. The van der Waals surface area contributed by atoms with Gasteiger partial charge in [-0.1, -0.05) is 37.6 Å². The SMILES string of the molecule is CCCN(CCC)C1CCc2cccc(Cl)c2C1. The van der Waals surface area contributed by atoms with Crippen LogP contribution in [0.25, 0.3) is 0 Å². The van der Waals surface area contributed by atoms with Crippen LogP contribution >= 0.6 is 11.6 Å². The lowest BCUT2D eigenvalue weighted by Gasteiger charge is -2.35. The predicted octanol–water partition coefficient (Wildman–Crippen LogP) is 4.32. The molecule has 0 saturated carbocycles. The number of aryl methyl sites for hydroxylation is 1. The maximum absolute atomic E-state index is 6.35. The Bertz CT molecular complexity index is 383. The molecule has 2 rings (SSSR count). The summed E-state index contributed by atoms with van der Waals surface area (Å²) >= 11 is 6.35. The molecule has 1 aliphatic rings. The Hall–Kier alpha value is -0.530. The molecule has 1 nitrogen and oxygen atoms in total. The van der Waals surface area contributed by atoms with E-state index in [9.17, 15) is 0 Å². The van der Waals surface area contributed by atoms with Gasteiger partial charge in [-0.2, -0.15) is 0 Å². The normalized spacial score (nSPS) is 19.0. The molecule has 1 unspecified atom stereocenters. The van der Waals surface area contributed by atoms with Crippen molar-refractivity contribution in [3.63, 3.8) is 0 Å². The van der Waals surface area contributed by atoms with E-state index >= 15 is 0 Å². The van der Waals surface area contributed by atoms with E-state index in [0.29, 0.717) is 6.04 Å². The number of hydrogen-bond acceptors (Lipinski definition) is 1. The lowest BCUT2D eigenvalue weighted by atomic mass is 9.87. The number of nitrogens with zero attached hydrogens (tertiary/aromatic N) is 1. The van der Waals surface area contributed by atoms with Gasteiger partial charge in [0.05, 0.1) is 0 Å². The highest BCUT2D eigenvalue weighted by atomic mass is 35.5. The lowest BCUT2D eigenvalue weighted by molar-refractivity contribution is 0.180. The van der Waals surface area contributed by atoms with Crippen LogP contribution in [-0.4, -0.2) is 24.0 Å². The van der Waals surface area contributed by atoms with Crippen molar-refractivity contribution in [2.45, 2.75) is 52.0 Å². The molecule has 0 heterocycles. The summed E-state index contributed by atoms with van der Waals surface area (Å²) < 4.78 is 0. The summed E-state index contributed by atoms with van der Waals surface area (Å²) in [6.45, 7) is 6.98. The minimum absolute atomic E-state index is 0.692. The molecule has 0 amide bonds. The Kier molecular flexibility index (Phi) is 5.08. The van der Waals surface area contributed by atoms with Gasteiger partial charge in [-0.3, -0.25) is 0 Å². The zero-order valence-electron chi connectivity index (χ0n) is 11.6. The summed E-state index contributed by atoms with van der Waals surface area (Å²) in [5.74, 6) is 0. The van der Waals surface area contributed by atoms with Crippen LogP contribution < -0.4 is 0 Å². The molecule has 0 N–H and O–H groups in total. The average molecular weight is 266 g/mol. The summed E-state index contributed by atoms with van der Waals surface area (Å²) in [5, 5.41) is 0.963. The smallest absolute Gasteiger partial charge is 0.0441 e. The Morgan fingerprint density at radius 1 is 1.22 bits per heavy atom. The molecule has 1 aromatic rings. The van der Waals surface area contributed by atoms with E-state index in [4.69, 9.17) is 11.6 Å². The number of benzene rings is 1. The zero-order valence-corrected chi connectivity index (χ0v) is 12.3. The van der Waals surface area contributed by atoms with Crippen LogP contribution in [0, 0.1) is 0 Å². The number of fused-ring (bicyclic) bond motifs is 1. The third kappa shape index (κ3) is 3.07. The minimum atomic E-state index is 0.692. The molecule has 100 valence electrons. The molecular formula is C16H24ClN. The van der Waals surface area contributed by atoms with Crippen molar-refractivity contribution in [3.8, 4) is 0 Å². The van der Waals surface area contributed by atoms with Crippen molar-refractivity contribution in [2.75, 3.05) is 13.1 Å². The standard InChI is InChI=1S/C16H24ClN/c1-3-10-18(11-4-2)14-9-8-13-6-5-7-16(17)15(13)12-14/h5-7,14H,3-4,8-12H2,1-2H3. The fraction of sp³-hybridized carbons (Fsp3) is 0.625.